The Balaban J connectivity index is 3.24. The van der Waals surface area contributed by atoms with Crippen LogP contribution in [0.4, 0.5) is 5.69 Å². The van der Waals surface area contributed by atoms with E-state index < -0.39 is 4.92 Å². The van der Waals surface area contributed by atoms with Crippen LogP contribution in [-0.4, -0.2) is 10.7 Å². The number of nitrogens with zero attached hydrogens (tertiary/aromatic N) is 1. The summed E-state index contributed by atoms with van der Waals surface area (Å²) >= 11 is 5.84. The average Bonchev–Trinajstić information content (AvgIpc) is 2.29. The lowest BCUT2D eigenvalue weighted by Gasteiger charge is -2.13. The van der Waals surface area contributed by atoms with Crippen molar-refractivity contribution < 1.29 is 9.72 Å². The predicted octanol–water partition coefficient (Wildman–Crippen LogP) is 3.64. The molecule has 0 bridgehead atoms. The van der Waals surface area contributed by atoms with Crippen LogP contribution >= 0.6 is 11.6 Å². The highest BCUT2D eigenvalue weighted by atomic mass is 35.5. The standard InChI is InChI=1S/C12H14ClNO3/c1-4-12(15)8(3)9-6-10(13)11(14(16)17)5-7(9)2/h5-6,8H,4H2,1-3H3. The van der Waals surface area contributed by atoms with Gasteiger partial charge in [-0.1, -0.05) is 25.4 Å². The normalized spacial score (nSPS) is 12.2. The van der Waals surface area contributed by atoms with Crippen LogP contribution in [-0.2, 0) is 4.79 Å². The van der Waals surface area contributed by atoms with Crippen molar-refractivity contribution in [2.75, 3.05) is 0 Å². The van der Waals surface area contributed by atoms with E-state index in [1.165, 1.54) is 12.1 Å². The lowest BCUT2D eigenvalue weighted by atomic mass is 9.91. The van der Waals surface area contributed by atoms with Gasteiger partial charge in [0, 0.05) is 18.4 Å². The molecule has 0 radical (unpaired) electrons. The van der Waals surface area contributed by atoms with Gasteiger partial charge in [0.1, 0.15) is 10.8 Å². The molecule has 1 aromatic carbocycles. The number of rotatable bonds is 4. The molecule has 1 aromatic rings. The molecule has 1 atom stereocenters. The molecule has 5 heteroatoms. The molecule has 92 valence electrons. The maximum absolute atomic E-state index is 11.6. The molecule has 4 nitrogen and oxygen atoms in total. The van der Waals surface area contributed by atoms with Gasteiger partial charge >= 0.3 is 0 Å². The second-order valence-electron chi connectivity index (χ2n) is 3.96. The Labute approximate surface area is 105 Å². The van der Waals surface area contributed by atoms with Gasteiger partial charge in [0.15, 0.2) is 0 Å². The fourth-order valence-corrected chi connectivity index (χ4v) is 2.01. The van der Waals surface area contributed by atoms with Crippen molar-refractivity contribution in [2.24, 2.45) is 0 Å². The molecule has 0 fully saturated rings. The number of nitro benzene ring substituents is 1. The maximum Gasteiger partial charge on any atom is 0.288 e. The van der Waals surface area contributed by atoms with E-state index in [4.69, 9.17) is 11.6 Å². The molecule has 0 aliphatic heterocycles. The Morgan fingerprint density at radius 2 is 2.12 bits per heavy atom. The van der Waals surface area contributed by atoms with Crippen molar-refractivity contribution in [1.29, 1.82) is 0 Å². The number of carbonyl (C=O) groups excluding carboxylic acids is 1. The number of benzene rings is 1. The molecular weight excluding hydrogens is 242 g/mol. The van der Waals surface area contributed by atoms with Crippen LogP contribution in [0.25, 0.3) is 0 Å². The monoisotopic (exact) mass is 255 g/mol. The van der Waals surface area contributed by atoms with Crippen LogP contribution in [0.15, 0.2) is 12.1 Å². The summed E-state index contributed by atoms with van der Waals surface area (Å²) in [6, 6.07) is 2.93. The summed E-state index contributed by atoms with van der Waals surface area (Å²) in [5, 5.41) is 10.8. The topological polar surface area (TPSA) is 60.2 Å². The number of Topliss-reactive ketones (excluding diaryl/α,β-unsaturated/α-hetero) is 1. The Morgan fingerprint density at radius 1 is 1.53 bits per heavy atom. The van der Waals surface area contributed by atoms with Crippen LogP contribution in [0.1, 0.15) is 37.3 Å². The van der Waals surface area contributed by atoms with Gasteiger partial charge in [-0.25, -0.2) is 0 Å². The lowest BCUT2D eigenvalue weighted by Crippen LogP contribution is -2.09. The zero-order chi connectivity index (χ0) is 13.2. The summed E-state index contributed by atoms with van der Waals surface area (Å²) in [6.07, 6.45) is 0.440. The van der Waals surface area contributed by atoms with Crippen LogP contribution in [0.2, 0.25) is 5.02 Å². The molecule has 0 aliphatic rings. The van der Waals surface area contributed by atoms with Gasteiger partial charge in [-0.3, -0.25) is 14.9 Å². The first-order chi connectivity index (χ1) is 7.88. The minimum absolute atomic E-state index is 0.0753. The fraction of sp³-hybridized carbons (Fsp3) is 0.417. The summed E-state index contributed by atoms with van der Waals surface area (Å²) in [7, 11) is 0. The molecule has 1 rings (SSSR count). The summed E-state index contributed by atoms with van der Waals surface area (Å²) < 4.78 is 0. The van der Waals surface area contributed by atoms with Crippen LogP contribution in [0, 0.1) is 17.0 Å². The maximum atomic E-state index is 11.6. The molecule has 0 saturated heterocycles. The summed E-state index contributed by atoms with van der Waals surface area (Å²) in [6.45, 7) is 5.33. The van der Waals surface area contributed by atoms with Crippen LogP contribution < -0.4 is 0 Å². The van der Waals surface area contributed by atoms with Crippen LogP contribution in [0.5, 0.6) is 0 Å². The summed E-state index contributed by atoms with van der Waals surface area (Å²) in [5.41, 5.74) is 1.35. The zero-order valence-corrected chi connectivity index (χ0v) is 10.7. The number of hydrogen-bond donors (Lipinski definition) is 0. The highest BCUT2D eigenvalue weighted by Crippen LogP contribution is 2.31. The Kier molecular flexibility index (Phi) is 4.23. The third kappa shape index (κ3) is 2.82. The molecule has 0 amide bonds. The number of halogens is 1. The van der Waals surface area contributed by atoms with Crippen molar-refractivity contribution in [3.8, 4) is 0 Å². The molecule has 0 N–H and O–H groups in total. The predicted molar refractivity (Wildman–Crippen MR) is 66.6 cm³/mol. The highest BCUT2D eigenvalue weighted by molar-refractivity contribution is 6.32. The van der Waals surface area contributed by atoms with Crippen molar-refractivity contribution in [2.45, 2.75) is 33.1 Å². The number of hydrogen-bond acceptors (Lipinski definition) is 3. The minimum Gasteiger partial charge on any atom is -0.299 e. The smallest absolute Gasteiger partial charge is 0.288 e. The van der Waals surface area contributed by atoms with Crippen molar-refractivity contribution in [1.82, 2.24) is 0 Å². The SMILES string of the molecule is CCC(=O)C(C)c1cc(Cl)c([N+](=O)[O-])cc1C. The third-order valence-corrected chi connectivity index (χ3v) is 3.13. The summed E-state index contributed by atoms with van der Waals surface area (Å²) in [4.78, 5) is 21.8. The van der Waals surface area contributed by atoms with E-state index in [9.17, 15) is 14.9 Å². The Bertz CT molecular complexity index is 471. The Morgan fingerprint density at radius 3 is 2.59 bits per heavy atom. The minimum atomic E-state index is -0.522. The first-order valence-electron chi connectivity index (χ1n) is 5.35. The van der Waals surface area contributed by atoms with Gasteiger partial charge < -0.3 is 0 Å². The van der Waals surface area contributed by atoms with Crippen LogP contribution in [0.3, 0.4) is 0 Å². The van der Waals surface area contributed by atoms with Gasteiger partial charge in [0.25, 0.3) is 5.69 Å². The molecular formula is C12H14ClNO3. The molecule has 17 heavy (non-hydrogen) atoms. The van der Waals surface area contributed by atoms with Crippen molar-refractivity contribution in [3.63, 3.8) is 0 Å². The fourth-order valence-electron chi connectivity index (χ4n) is 1.77. The van der Waals surface area contributed by atoms with Gasteiger partial charge in [0.2, 0.25) is 0 Å². The molecule has 0 saturated carbocycles. The Hall–Kier alpha value is -1.42. The van der Waals surface area contributed by atoms with E-state index in [2.05, 4.69) is 0 Å². The lowest BCUT2D eigenvalue weighted by molar-refractivity contribution is -0.384. The van der Waals surface area contributed by atoms with Gasteiger partial charge in [-0.2, -0.15) is 0 Å². The quantitative estimate of drug-likeness (QED) is 0.610. The second kappa shape index (κ2) is 5.27. The number of carbonyl (C=O) groups is 1. The molecule has 0 spiro atoms. The zero-order valence-electron chi connectivity index (χ0n) is 9.99. The average molecular weight is 256 g/mol. The van der Waals surface area contributed by atoms with E-state index in [0.717, 1.165) is 11.1 Å². The molecule has 0 aliphatic carbocycles. The van der Waals surface area contributed by atoms with Crippen molar-refractivity contribution >= 4 is 23.1 Å². The van der Waals surface area contributed by atoms with Gasteiger partial charge in [-0.15, -0.1) is 0 Å². The number of ketones is 1. The largest absolute Gasteiger partial charge is 0.299 e. The van der Waals surface area contributed by atoms with E-state index >= 15 is 0 Å². The highest BCUT2D eigenvalue weighted by Gasteiger charge is 2.20. The van der Waals surface area contributed by atoms with E-state index in [-0.39, 0.29) is 22.4 Å². The third-order valence-electron chi connectivity index (χ3n) is 2.83. The first kappa shape index (κ1) is 13.6. The number of aryl methyl sites for hydroxylation is 1. The molecule has 1 unspecified atom stereocenters. The molecule has 0 aromatic heterocycles. The molecule has 0 heterocycles. The second-order valence-corrected chi connectivity index (χ2v) is 4.37. The van der Waals surface area contributed by atoms with Gasteiger partial charge in [0.05, 0.1) is 4.92 Å². The van der Waals surface area contributed by atoms with E-state index in [1.807, 2.05) is 0 Å². The van der Waals surface area contributed by atoms with Crippen molar-refractivity contribution in [3.05, 3.63) is 38.4 Å². The van der Waals surface area contributed by atoms with E-state index in [0.29, 0.717) is 6.42 Å². The number of nitro groups is 1. The summed E-state index contributed by atoms with van der Waals surface area (Å²) in [5.74, 6) is -0.184. The van der Waals surface area contributed by atoms with Gasteiger partial charge in [-0.05, 0) is 24.1 Å². The first-order valence-corrected chi connectivity index (χ1v) is 5.73. The van der Waals surface area contributed by atoms with E-state index in [1.54, 1.807) is 20.8 Å².